The number of anilines is 6. The fraction of sp³-hybridized carbons (Fsp3) is 0.103. The minimum absolute atomic E-state index is 0.197. The van der Waals surface area contributed by atoms with Gasteiger partial charge in [-0.25, -0.2) is 4.98 Å². The van der Waals surface area contributed by atoms with Crippen LogP contribution in [0.1, 0.15) is 15.9 Å². The van der Waals surface area contributed by atoms with E-state index >= 15 is 0 Å². The monoisotopic (exact) mass is 649 g/mol. The molecule has 0 atom stereocenters. The molecule has 0 saturated carbocycles. The van der Waals surface area contributed by atoms with E-state index in [0.29, 0.717) is 41.0 Å². The van der Waals surface area contributed by atoms with Gasteiger partial charge < -0.3 is 31.3 Å². The highest BCUT2D eigenvalue weighted by molar-refractivity contribution is 14.1. The smallest absolute Gasteiger partial charge is 0.253 e. The van der Waals surface area contributed by atoms with E-state index < -0.39 is 0 Å². The van der Waals surface area contributed by atoms with Crippen molar-refractivity contribution in [3.8, 4) is 5.75 Å². The van der Waals surface area contributed by atoms with E-state index in [-0.39, 0.29) is 11.8 Å². The predicted molar refractivity (Wildman–Crippen MR) is 166 cm³/mol. The first-order chi connectivity index (χ1) is 19.4. The molecule has 11 heteroatoms. The van der Waals surface area contributed by atoms with Crippen LogP contribution in [0.15, 0.2) is 85.6 Å². The van der Waals surface area contributed by atoms with Crippen molar-refractivity contribution in [3.63, 3.8) is 0 Å². The molecule has 0 fully saturated rings. The van der Waals surface area contributed by atoms with Gasteiger partial charge in [0, 0.05) is 37.2 Å². The van der Waals surface area contributed by atoms with Gasteiger partial charge in [-0.2, -0.15) is 4.98 Å². The third kappa shape index (κ3) is 7.26. The summed E-state index contributed by atoms with van der Waals surface area (Å²) in [4.78, 5) is 32.7. The van der Waals surface area contributed by atoms with Crippen LogP contribution in [0, 0.1) is 3.57 Å². The quantitative estimate of drug-likeness (QED) is 0.107. The summed E-state index contributed by atoms with van der Waals surface area (Å²) in [5.41, 5.74) is 4.50. The number of hydrogen-bond donors (Lipinski definition) is 5. The van der Waals surface area contributed by atoms with Gasteiger partial charge in [0.1, 0.15) is 11.6 Å². The third-order valence-corrected chi connectivity index (χ3v) is 6.53. The van der Waals surface area contributed by atoms with E-state index in [4.69, 9.17) is 4.74 Å². The summed E-state index contributed by atoms with van der Waals surface area (Å²) in [6, 6.07) is 20.6. The highest BCUT2D eigenvalue weighted by atomic mass is 127. The Kier molecular flexibility index (Phi) is 9.52. The van der Waals surface area contributed by atoms with Crippen molar-refractivity contribution in [3.05, 3.63) is 100 Å². The summed E-state index contributed by atoms with van der Waals surface area (Å²) < 4.78 is 6.40. The minimum Gasteiger partial charge on any atom is -0.494 e. The van der Waals surface area contributed by atoms with Gasteiger partial charge >= 0.3 is 0 Å². The zero-order valence-electron chi connectivity index (χ0n) is 21.9. The van der Waals surface area contributed by atoms with Gasteiger partial charge in [0.2, 0.25) is 11.9 Å². The van der Waals surface area contributed by atoms with E-state index in [1.807, 2.05) is 54.6 Å². The van der Waals surface area contributed by atoms with Crippen LogP contribution < -0.4 is 31.3 Å². The maximum Gasteiger partial charge on any atom is 0.253 e. The molecule has 4 aromatic rings. The van der Waals surface area contributed by atoms with Crippen LogP contribution in [0.4, 0.5) is 34.5 Å². The van der Waals surface area contributed by atoms with Gasteiger partial charge in [0.25, 0.3) is 5.91 Å². The zero-order valence-corrected chi connectivity index (χ0v) is 24.1. The second kappa shape index (κ2) is 13.4. The molecule has 4 rings (SSSR count). The number of benzene rings is 3. The lowest BCUT2D eigenvalue weighted by Crippen LogP contribution is -2.19. The lowest BCUT2D eigenvalue weighted by atomic mass is 10.1. The first-order valence-electron chi connectivity index (χ1n) is 12.2. The van der Waals surface area contributed by atoms with Crippen LogP contribution in [0.2, 0.25) is 0 Å². The molecule has 40 heavy (non-hydrogen) atoms. The van der Waals surface area contributed by atoms with Crippen molar-refractivity contribution in [2.45, 2.75) is 6.54 Å². The molecule has 204 valence electrons. The standard InChI is InChI=1S/C29H28IN7O3/c1-4-26(38)32-16-18-9-11-19(12-10-18)34-20-13-14-24(25(15-20)40-3)36-29-33-17-22(30)27(37-29)35-23-8-6-5-7-21(23)28(39)31-2/h4-15,17,34H,1,16H2,2-3H3,(H,31,39)(H,32,38)(H2,33,35,36,37). The number of methoxy groups -OCH3 is 1. The molecule has 3 aromatic carbocycles. The molecule has 0 aliphatic carbocycles. The number of aromatic nitrogens is 2. The van der Waals surface area contributed by atoms with Crippen molar-refractivity contribution < 1.29 is 14.3 Å². The molecule has 0 radical (unpaired) electrons. The van der Waals surface area contributed by atoms with E-state index in [9.17, 15) is 9.59 Å². The fourth-order valence-corrected chi connectivity index (χ4v) is 4.09. The van der Waals surface area contributed by atoms with Crippen molar-refractivity contribution in [2.75, 3.05) is 30.1 Å². The number of halogens is 1. The summed E-state index contributed by atoms with van der Waals surface area (Å²) in [5, 5.41) is 15.2. The van der Waals surface area contributed by atoms with Crippen molar-refractivity contribution in [1.82, 2.24) is 20.6 Å². The molecule has 0 aliphatic heterocycles. The number of ether oxygens (including phenoxy) is 1. The molecule has 0 spiro atoms. The van der Waals surface area contributed by atoms with E-state index in [1.165, 1.54) is 6.08 Å². The van der Waals surface area contributed by atoms with Crippen LogP contribution >= 0.6 is 22.6 Å². The maximum atomic E-state index is 12.3. The number of carbonyl (C=O) groups is 2. The van der Waals surface area contributed by atoms with E-state index in [0.717, 1.165) is 20.5 Å². The minimum atomic E-state index is -0.211. The molecule has 1 aromatic heterocycles. The number of hydrogen-bond acceptors (Lipinski definition) is 8. The van der Waals surface area contributed by atoms with Gasteiger partial charge in [-0.1, -0.05) is 30.8 Å². The van der Waals surface area contributed by atoms with Crippen LogP contribution in [0.25, 0.3) is 0 Å². The van der Waals surface area contributed by atoms with Crippen molar-refractivity contribution >= 4 is 68.9 Å². The zero-order chi connectivity index (χ0) is 28.5. The lowest BCUT2D eigenvalue weighted by molar-refractivity contribution is -0.116. The number of carbonyl (C=O) groups excluding carboxylic acids is 2. The number of rotatable bonds is 11. The van der Waals surface area contributed by atoms with Gasteiger partial charge in [0.15, 0.2) is 0 Å². The van der Waals surface area contributed by atoms with Gasteiger partial charge in [-0.3, -0.25) is 9.59 Å². The fourth-order valence-electron chi connectivity index (χ4n) is 3.69. The Balaban J connectivity index is 1.47. The van der Waals surface area contributed by atoms with Crippen LogP contribution in [0.3, 0.4) is 0 Å². The molecule has 0 bridgehead atoms. The van der Waals surface area contributed by atoms with Crippen molar-refractivity contribution in [2.24, 2.45) is 0 Å². The first kappa shape index (κ1) is 28.4. The summed E-state index contributed by atoms with van der Waals surface area (Å²) in [6.07, 6.45) is 2.94. The summed E-state index contributed by atoms with van der Waals surface area (Å²) >= 11 is 2.14. The number of nitrogens with one attached hydrogen (secondary N) is 5. The largest absolute Gasteiger partial charge is 0.494 e. The second-order valence-electron chi connectivity index (χ2n) is 8.42. The average molecular weight is 649 g/mol. The Morgan fingerprint density at radius 2 is 1.73 bits per heavy atom. The molecular weight excluding hydrogens is 621 g/mol. The highest BCUT2D eigenvalue weighted by Gasteiger charge is 2.13. The van der Waals surface area contributed by atoms with Gasteiger partial charge in [0.05, 0.1) is 27.6 Å². The topological polar surface area (TPSA) is 129 Å². The van der Waals surface area contributed by atoms with Crippen molar-refractivity contribution in [1.29, 1.82) is 0 Å². The molecular formula is C29H28IN7O3. The van der Waals surface area contributed by atoms with Gasteiger partial charge in [-0.15, -0.1) is 0 Å². The highest BCUT2D eigenvalue weighted by Crippen LogP contribution is 2.32. The Hall–Kier alpha value is -4.65. The molecule has 0 unspecified atom stereocenters. The Morgan fingerprint density at radius 3 is 2.45 bits per heavy atom. The maximum absolute atomic E-state index is 12.3. The van der Waals surface area contributed by atoms with Crippen LogP contribution in [-0.4, -0.2) is 35.9 Å². The number of nitrogens with zero attached hydrogens (tertiary/aromatic N) is 2. The number of para-hydroxylation sites is 1. The average Bonchev–Trinajstić information content (AvgIpc) is 2.98. The van der Waals surface area contributed by atoms with Crippen LogP contribution in [-0.2, 0) is 11.3 Å². The molecule has 0 saturated heterocycles. The first-order valence-corrected chi connectivity index (χ1v) is 13.3. The van der Waals surface area contributed by atoms with Gasteiger partial charge in [-0.05, 0) is 70.6 Å². The summed E-state index contributed by atoms with van der Waals surface area (Å²) in [6.45, 7) is 3.88. The molecule has 10 nitrogen and oxygen atoms in total. The predicted octanol–water partition coefficient (Wildman–Crippen LogP) is 5.48. The Morgan fingerprint density at radius 1 is 0.975 bits per heavy atom. The molecule has 5 N–H and O–H groups in total. The van der Waals surface area contributed by atoms with Crippen LogP contribution in [0.5, 0.6) is 5.75 Å². The molecule has 1 heterocycles. The van der Waals surface area contributed by atoms with E-state index in [1.54, 1.807) is 32.5 Å². The Labute approximate surface area is 245 Å². The summed E-state index contributed by atoms with van der Waals surface area (Å²) in [5.74, 6) is 1.10. The molecule has 2 amide bonds. The Bertz CT molecular complexity index is 1530. The third-order valence-electron chi connectivity index (χ3n) is 5.74. The van der Waals surface area contributed by atoms with E-state index in [2.05, 4.69) is 65.7 Å². The number of amides is 2. The lowest BCUT2D eigenvalue weighted by Gasteiger charge is -2.15. The summed E-state index contributed by atoms with van der Waals surface area (Å²) in [7, 11) is 3.18. The SMILES string of the molecule is C=CC(=O)NCc1ccc(Nc2ccc(Nc3ncc(I)c(Nc4ccccc4C(=O)NC)n3)c(OC)c2)cc1. The molecule has 0 aliphatic rings. The normalized spacial score (nSPS) is 10.3. The second-order valence-corrected chi connectivity index (χ2v) is 9.59.